The molecule has 0 amide bonds. The van der Waals surface area contributed by atoms with Crippen LogP contribution >= 0.6 is 15.9 Å². The summed E-state index contributed by atoms with van der Waals surface area (Å²) in [7, 11) is -1.14. The molecule has 0 atom stereocenters. The molecule has 15 heavy (non-hydrogen) atoms. The first-order valence-corrected chi connectivity index (χ1v) is 6.17. The highest BCUT2D eigenvalue weighted by Gasteiger charge is 2.22. The van der Waals surface area contributed by atoms with Crippen molar-refractivity contribution < 1.29 is 12.8 Å². The van der Waals surface area contributed by atoms with E-state index in [1.807, 2.05) is 0 Å². The van der Waals surface area contributed by atoms with Gasteiger partial charge in [0.1, 0.15) is 10.7 Å². The predicted molar refractivity (Wildman–Crippen MR) is 59.4 cm³/mol. The normalized spacial score (nSPS) is 12.1. The van der Waals surface area contributed by atoms with E-state index in [2.05, 4.69) is 15.9 Å². The number of nitrogen functional groups attached to an aromatic ring is 1. The molecule has 0 aliphatic rings. The minimum Gasteiger partial charge on any atom is -0.398 e. The van der Waals surface area contributed by atoms with Crippen LogP contribution in [0.3, 0.4) is 0 Å². The van der Waals surface area contributed by atoms with Crippen LogP contribution in [0.4, 0.5) is 10.1 Å². The van der Waals surface area contributed by atoms with Crippen LogP contribution in [0.25, 0.3) is 0 Å². The Labute approximate surface area is 96.1 Å². The second-order valence-electron chi connectivity index (χ2n) is 3.09. The van der Waals surface area contributed by atoms with Crippen LogP contribution in [0.1, 0.15) is 0 Å². The third kappa shape index (κ3) is 2.30. The average Bonchev–Trinajstić information content (AvgIpc) is 2.10. The first-order valence-electron chi connectivity index (χ1n) is 3.94. The molecule has 0 fully saturated rings. The van der Waals surface area contributed by atoms with E-state index in [1.165, 1.54) is 14.1 Å². The van der Waals surface area contributed by atoms with Crippen LogP contribution in [0, 0.1) is 5.82 Å². The molecule has 1 aromatic carbocycles. The van der Waals surface area contributed by atoms with Crippen LogP contribution in [0.15, 0.2) is 21.5 Å². The van der Waals surface area contributed by atoms with E-state index in [9.17, 15) is 12.8 Å². The second kappa shape index (κ2) is 4.07. The molecule has 0 unspecified atom stereocenters. The van der Waals surface area contributed by atoms with Crippen molar-refractivity contribution in [3.05, 3.63) is 22.4 Å². The van der Waals surface area contributed by atoms with Gasteiger partial charge in [-0.1, -0.05) is 0 Å². The summed E-state index contributed by atoms with van der Waals surface area (Å²) in [5, 5.41) is 0. The molecule has 0 radical (unpaired) electrons. The van der Waals surface area contributed by atoms with Crippen molar-refractivity contribution in [2.75, 3.05) is 19.8 Å². The fraction of sp³-hybridized carbons (Fsp3) is 0.250. The van der Waals surface area contributed by atoms with Gasteiger partial charge in [0, 0.05) is 24.3 Å². The molecule has 2 N–H and O–H groups in total. The molecule has 0 aromatic heterocycles. The van der Waals surface area contributed by atoms with Gasteiger partial charge in [-0.15, -0.1) is 0 Å². The van der Waals surface area contributed by atoms with Crippen LogP contribution in [-0.2, 0) is 10.0 Å². The Kier molecular flexibility index (Phi) is 3.37. The van der Waals surface area contributed by atoms with E-state index in [0.29, 0.717) is 4.47 Å². The molecule has 84 valence electrons. The molecule has 0 aliphatic heterocycles. The quantitative estimate of drug-likeness (QED) is 0.840. The zero-order valence-corrected chi connectivity index (χ0v) is 10.6. The summed E-state index contributed by atoms with van der Waals surface area (Å²) in [6.45, 7) is 0. The van der Waals surface area contributed by atoms with Crippen molar-refractivity contribution >= 4 is 31.6 Å². The molecule has 0 saturated heterocycles. The maximum atomic E-state index is 13.4. The van der Waals surface area contributed by atoms with Crippen LogP contribution in [-0.4, -0.2) is 26.8 Å². The summed E-state index contributed by atoms with van der Waals surface area (Å²) in [5.74, 6) is -0.829. The summed E-state index contributed by atoms with van der Waals surface area (Å²) in [5.41, 5.74) is 5.67. The molecule has 0 heterocycles. The Morgan fingerprint density at radius 3 is 2.40 bits per heavy atom. The average molecular weight is 297 g/mol. The highest BCUT2D eigenvalue weighted by Crippen LogP contribution is 2.27. The van der Waals surface area contributed by atoms with Gasteiger partial charge in [-0.25, -0.2) is 17.1 Å². The topological polar surface area (TPSA) is 63.4 Å². The maximum absolute atomic E-state index is 13.4. The number of anilines is 1. The Morgan fingerprint density at radius 1 is 1.40 bits per heavy atom. The number of halogens is 2. The van der Waals surface area contributed by atoms with Gasteiger partial charge in [0.25, 0.3) is 0 Å². The van der Waals surface area contributed by atoms with Crippen molar-refractivity contribution in [2.24, 2.45) is 0 Å². The van der Waals surface area contributed by atoms with Gasteiger partial charge in [0.05, 0.1) is 0 Å². The van der Waals surface area contributed by atoms with Gasteiger partial charge >= 0.3 is 0 Å². The van der Waals surface area contributed by atoms with Crippen LogP contribution in [0.2, 0.25) is 0 Å². The van der Waals surface area contributed by atoms with Crippen molar-refractivity contribution in [1.82, 2.24) is 4.31 Å². The van der Waals surface area contributed by atoms with E-state index in [-0.39, 0.29) is 5.69 Å². The fourth-order valence-corrected chi connectivity index (χ4v) is 2.23. The third-order valence-electron chi connectivity index (χ3n) is 1.81. The highest BCUT2D eigenvalue weighted by molar-refractivity contribution is 9.10. The van der Waals surface area contributed by atoms with Crippen molar-refractivity contribution in [1.29, 1.82) is 0 Å². The SMILES string of the molecule is CN(C)S(=O)(=O)c1cc(N)c(Br)cc1F. The Balaban J connectivity index is 3.46. The summed E-state index contributed by atoms with van der Waals surface area (Å²) in [6.07, 6.45) is 0. The Bertz CT molecular complexity index is 488. The fourth-order valence-electron chi connectivity index (χ4n) is 0.939. The van der Waals surface area contributed by atoms with E-state index in [1.54, 1.807) is 0 Å². The number of sulfonamides is 1. The number of hydrogen-bond donors (Lipinski definition) is 1. The van der Waals surface area contributed by atoms with Gasteiger partial charge < -0.3 is 5.73 Å². The van der Waals surface area contributed by atoms with Crippen molar-refractivity contribution in [3.8, 4) is 0 Å². The largest absolute Gasteiger partial charge is 0.398 e. The van der Waals surface area contributed by atoms with Gasteiger partial charge in [-0.2, -0.15) is 0 Å². The summed E-state index contributed by atoms with van der Waals surface area (Å²) in [4.78, 5) is -0.423. The standard InChI is InChI=1S/C8H10BrFN2O2S/c1-12(2)15(13,14)8-4-7(11)5(9)3-6(8)10/h3-4H,11H2,1-2H3. The van der Waals surface area contributed by atoms with E-state index in [0.717, 1.165) is 16.4 Å². The van der Waals surface area contributed by atoms with Gasteiger partial charge in [0.2, 0.25) is 10.0 Å². The number of benzene rings is 1. The summed E-state index contributed by atoms with van der Waals surface area (Å²) < 4.78 is 37.9. The number of hydrogen-bond acceptors (Lipinski definition) is 3. The van der Waals surface area contributed by atoms with Gasteiger partial charge in [-0.3, -0.25) is 0 Å². The van der Waals surface area contributed by atoms with Gasteiger partial charge in [-0.05, 0) is 28.1 Å². The smallest absolute Gasteiger partial charge is 0.245 e. The lowest BCUT2D eigenvalue weighted by atomic mass is 10.3. The summed E-state index contributed by atoms with van der Waals surface area (Å²) in [6, 6.07) is 2.13. The molecule has 4 nitrogen and oxygen atoms in total. The minimum absolute atomic E-state index is 0.178. The first-order chi connectivity index (χ1) is 6.76. The second-order valence-corrected chi connectivity index (χ2v) is 6.07. The molecule has 7 heteroatoms. The minimum atomic E-state index is -3.79. The molecule has 1 rings (SSSR count). The number of nitrogens with two attached hydrogens (primary N) is 1. The Hall–Kier alpha value is -0.660. The van der Waals surface area contributed by atoms with Gasteiger partial charge in [0.15, 0.2) is 0 Å². The molecule has 0 aliphatic carbocycles. The lowest BCUT2D eigenvalue weighted by Gasteiger charge is -2.12. The monoisotopic (exact) mass is 296 g/mol. The first kappa shape index (κ1) is 12.4. The summed E-state index contributed by atoms with van der Waals surface area (Å²) >= 11 is 3.01. The predicted octanol–water partition coefficient (Wildman–Crippen LogP) is 1.42. The van der Waals surface area contributed by atoms with Crippen LogP contribution in [0.5, 0.6) is 0 Å². The van der Waals surface area contributed by atoms with Crippen molar-refractivity contribution in [3.63, 3.8) is 0 Å². The maximum Gasteiger partial charge on any atom is 0.245 e. The highest BCUT2D eigenvalue weighted by atomic mass is 79.9. The van der Waals surface area contributed by atoms with Crippen molar-refractivity contribution in [2.45, 2.75) is 4.90 Å². The molecule has 0 saturated carbocycles. The zero-order chi connectivity index (χ0) is 11.8. The van der Waals surface area contributed by atoms with E-state index < -0.39 is 20.7 Å². The Morgan fingerprint density at radius 2 is 1.93 bits per heavy atom. The molecule has 1 aromatic rings. The molecular formula is C8H10BrFN2O2S. The van der Waals surface area contributed by atoms with Crippen LogP contribution < -0.4 is 5.73 Å². The molecule has 0 bridgehead atoms. The number of nitrogens with zero attached hydrogens (tertiary/aromatic N) is 1. The van der Waals surface area contributed by atoms with E-state index >= 15 is 0 Å². The molecular weight excluding hydrogens is 287 g/mol. The number of rotatable bonds is 2. The zero-order valence-electron chi connectivity index (χ0n) is 8.16. The lowest BCUT2D eigenvalue weighted by Crippen LogP contribution is -2.23. The lowest BCUT2D eigenvalue weighted by molar-refractivity contribution is 0.508. The third-order valence-corrected chi connectivity index (χ3v) is 4.33. The molecule has 0 spiro atoms. The van der Waals surface area contributed by atoms with E-state index in [4.69, 9.17) is 5.73 Å².